The molecule has 142 valence electrons. The van der Waals surface area contributed by atoms with Crippen molar-refractivity contribution in [2.75, 3.05) is 0 Å². The number of carbonyl (C=O) groups is 1. The van der Waals surface area contributed by atoms with Crippen LogP contribution >= 0.6 is 34.5 Å². The zero-order valence-corrected chi connectivity index (χ0v) is 16.2. The number of thiazole rings is 1. The molecule has 8 nitrogen and oxygen atoms in total. The Balaban J connectivity index is 1.96. The molecule has 3 aromatic rings. The summed E-state index contributed by atoms with van der Waals surface area (Å²) in [6, 6.07) is 3.00. The van der Waals surface area contributed by atoms with Crippen LogP contribution < -0.4 is 9.61 Å². The van der Waals surface area contributed by atoms with E-state index in [1.165, 1.54) is 36.0 Å². The maximum atomic E-state index is 12.1. The van der Waals surface area contributed by atoms with E-state index in [0.717, 1.165) is 11.3 Å². The molecule has 0 aliphatic carbocycles. The fourth-order valence-electron chi connectivity index (χ4n) is 2.37. The van der Waals surface area contributed by atoms with E-state index < -0.39 is 11.8 Å². The van der Waals surface area contributed by atoms with Crippen molar-refractivity contribution in [2.45, 2.75) is 25.7 Å². The van der Waals surface area contributed by atoms with Gasteiger partial charge in [-0.25, -0.2) is 9.97 Å². The number of aromatic nitrogens is 3. The molecular weight excluding hydrogens is 417 g/mol. The van der Waals surface area contributed by atoms with E-state index >= 15 is 0 Å². The van der Waals surface area contributed by atoms with Gasteiger partial charge in [0, 0.05) is 31.9 Å². The molecule has 0 unspecified atom stereocenters. The predicted octanol–water partition coefficient (Wildman–Crippen LogP) is 2.88. The smallest absolute Gasteiger partial charge is 0.308 e. The summed E-state index contributed by atoms with van der Waals surface area (Å²) in [6.45, 7) is 1.37. The summed E-state index contributed by atoms with van der Waals surface area (Å²) in [5.74, 6) is -2.79. The molecule has 0 fully saturated rings. The lowest BCUT2D eigenvalue weighted by Crippen LogP contribution is -2.31. The number of hydrogen-bond acceptors (Lipinski definition) is 7. The molecule has 0 amide bonds. The minimum atomic E-state index is -1.89. The Morgan fingerprint density at radius 2 is 2.00 bits per heavy atom. The summed E-state index contributed by atoms with van der Waals surface area (Å²) >= 11 is 12.9. The Labute approximate surface area is 166 Å². The molecule has 0 spiro atoms. The van der Waals surface area contributed by atoms with Gasteiger partial charge < -0.3 is 14.9 Å². The second kappa shape index (κ2) is 7.43. The third kappa shape index (κ3) is 4.22. The van der Waals surface area contributed by atoms with Crippen molar-refractivity contribution in [1.82, 2.24) is 14.5 Å². The standard InChI is InChI=1S/C16H13Cl2N3O5S/c1-16(25,14-19-6-8(17)7-20-14)26-11-5-12-10(4-9(11)18)21(15(24)27-12)3-2-13(22)23/h4-7,25H,2-3H2,1H3,(H,22,23)/t16-/m0/s1. The van der Waals surface area contributed by atoms with E-state index in [1.54, 1.807) is 0 Å². The number of benzene rings is 1. The number of aryl methyl sites for hydroxylation is 1. The van der Waals surface area contributed by atoms with Crippen LogP contribution in [0.1, 0.15) is 19.2 Å². The van der Waals surface area contributed by atoms with Crippen LogP contribution in [0.25, 0.3) is 10.2 Å². The van der Waals surface area contributed by atoms with E-state index in [-0.39, 0.29) is 34.4 Å². The zero-order chi connectivity index (χ0) is 19.8. The highest BCUT2D eigenvalue weighted by Gasteiger charge is 2.30. The molecule has 2 aromatic heterocycles. The largest absolute Gasteiger partial charge is 0.481 e. The number of aliphatic hydroxyl groups is 1. The maximum Gasteiger partial charge on any atom is 0.308 e. The Bertz CT molecular complexity index is 1060. The van der Waals surface area contributed by atoms with Crippen molar-refractivity contribution >= 4 is 50.7 Å². The van der Waals surface area contributed by atoms with Crippen LogP contribution in [0, 0.1) is 0 Å². The van der Waals surface area contributed by atoms with Gasteiger partial charge >= 0.3 is 10.8 Å². The second-order valence-corrected chi connectivity index (χ2v) is 7.56. The quantitative estimate of drug-likeness (QED) is 0.578. The second-order valence-electron chi connectivity index (χ2n) is 5.72. The van der Waals surface area contributed by atoms with Crippen LogP contribution in [-0.2, 0) is 17.1 Å². The van der Waals surface area contributed by atoms with Crippen LogP contribution in [0.15, 0.2) is 29.3 Å². The average molecular weight is 430 g/mol. The van der Waals surface area contributed by atoms with Gasteiger partial charge in [0.1, 0.15) is 5.75 Å². The van der Waals surface area contributed by atoms with Gasteiger partial charge in [-0.3, -0.25) is 14.2 Å². The fourth-order valence-corrected chi connectivity index (χ4v) is 3.60. The topological polar surface area (TPSA) is 115 Å². The Morgan fingerprint density at radius 1 is 1.33 bits per heavy atom. The zero-order valence-electron chi connectivity index (χ0n) is 13.8. The number of carboxylic acid groups (broad SMARTS) is 1. The monoisotopic (exact) mass is 429 g/mol. The number of aliphatic carboxylic acids is 1. The highest BCUT2D eigenvalue weighted by atomic mass is 35.5. The van der Waals surface area contributed by atoms with Gasteiger partial charge in [-0.05, 0) is 6.07 Å². The molecular formula is C16H13Cl2N3O5S. The van der Waals surface area contributed by atoms with E-state index in [2.05, 4.69) is 9.97 Å². The summed E-state index contributed by atoms with van der Waals surface area (Å²) in [7, 11) is 0. The highest BCUT2D eigenvalue weighted by molar-refractivity contribution is 7.16. The summed E-state index contributed by atoms with van der Waals surface area (Å²) in [4.78, 5) is 30.4. The molecule has 3 rings (SSSR count). The van der Waals surface area contributed by atoms with Gasteiger partial charge in [0.2, 0.25) is 5.82 Å². The van der Waals surface area contributed by atoms with Gasteiger partial charge in [-0.2, -0.15) is 0 Å². The molecule has 0 aliphatic rings. The predicted molar refractivity (Wildman–Crippen MR) is 101 cm³/mol. The third-order valence-electron chi connectivity index (χ3n) is 3.62. The summed E-state index contributed by atoms with van der Waals surface area (Å²) < 4.78 is 7.45. The summed E-state index contributed by atoms with van der Waals surface area (Å²) in [5.41, 5.74) is 0.492. The van der Waals surface area contributed by atoms with Crippen LogP contribution in [0.2, 0.25) is 10.0 Å². The van der Waals surface area contributed by atoms with E-state index in [1.807, 2.05) is 0 Å². The Hall–Kier alpha value is -2.20. The van der Waals surface area contributed by atoms with E-state index in [4.69, 9.17) is 33.0 Å². The minimum absolute atomic E-state index is 0.0183. The molecule has 0 saturated heterocycles. The van der Waals surface area contributed by atoms with Gasteiger partial charge in [-0.1, -0.05) is 34.5 Å². The number of fused-ring (bicyclic) bond motifs is 1. The van der Waals surface area contributed by atoms with Gasteiger partial charge in [0.05, 0.1) is 26.7 Å². The highest BCUT2D eigenvalue weighted by Crippen LogP contribution is 2.35. The van der Waals surface area contributed by atoms with Gasteiger partial charge in [0.15, 0.2) is 0 Å². The number of halogens is 2. The van der Waals surface area contributed by atoms with Crippen molar-refractivity contribution in [3.63, 3.8) is 0 Å². The average Bonchev–Trinajstić information content (AvgIpc) is 2.87. The van der Waals surface area contributed by atoms with Crippen molar-refractivity contribution in [1.29, 1.82) is 0 Å². The minimum Gasteiger partial charge on any atom is -0.481 e. The molecule has 0 bridgehead atoms. The van der Waals surface area contributed by atoms with E-state index in [0.29, 0.717) is 15.2 Å². The molecule has 1 aromatic carbocycles. The van der Waals surface area contributed by atoms with Crippen molar-refractivity contribution < 1.29 is 19.7 Å². The first-order chi connectivity index (χ1) is 12.7. The van der Waals surface area contributed by atoms with Crippen LogP contribution in [0.4, 0.5) is 0 Å². The SMILES string of the molecule is C[C@](O)(Oc1cc2sc(=O)n(CCC(=O)O)c2cc1Cl)c1ncc(Cl)cn1. The van der Waals surface area contributed by atoms with Crippen LogP contribution in [0.5, 0.6) is 5.75 Å². The van der Waals surface area contributed by atoms with Crippen molar-refractivity contribution in [3.05, 3.63) is 50.1 Å². The Morgan fingerprint density at radius 3 is 2.63 bits per heavy atom. The molecule has 0 radical (unpaired) electrons. The maximum absolute atomic E-state index is 12.1. The first-order valence-corrected chi connectivity index (χ1v) is 9.19. The first-order valence-electron chi connectivity index (χ1n) is 7.61. The summed E-state index contributed by atoms with van der Waals surface area (Å²) in [5, 5.41) is 19.8. The molecule has 0 saturated carbocycles. The lowest BCUT2D eigenvalue weighted by molar-refractivity contribution is -0.137. The number of nitrogens with zero attached hydrogens (tertiary/aromatic N) is 3. The number of carboxylic acids is 1. The van der Waals surface area contributed by atoms with E-state index in [9.17, 15) is 14.7 Å². The normalized spacial score (nSPS) is 13.5. The summed E-state index contributed by atoms with van der Waals surface area (Å²) in [6.07, 6.45) is 2.45. The van der Waals surface area contributed by atoms with Gasteiger partial charge in [-0.15, -0.1) is 0 Å². The third-order valence-corrected chi connectivity index (χ3v) is 5.05. The van der Waals surface area contributed by atoms with Crippen molar-refractivity contribution in [3.8, 4) is 5.75 Å². The first kappa shape index (κ1) is 19.6. The molecule has 2 heterocycles. The molecule has 0 aliphatic heterocycles. The molecule has 2 N–H and O–H groups in total. The van der Waals surface area contributed by atoms with Crippen molar-refractivity contribution in [2.24, 2.45) is 0 Å². The van der Waals surface area contributed by atoms with Crippen LogP contribution in [-0.4, -0.2) is 30.7 Å². The molecule has 11 heteroatoms. The van der Waals surface area contributed by atoms with Crippen LogP contribution in [0.3, 0.4) is 0 Å². The number of ether oxygens (including phenoxy) is 1. The lowest BCUT2D eigenvalue weighted by Gasteiger charge is -2.23. The number of rotatable bonds is 6. The molecule has 1 atom stereocenters. The number of hydrogen-bond donors (Lipinski definition) is 2. The Kier molecular flexibility index (Phi) is 5.38. The van der Waals surface area contributed by atoms with Gasteiger partial charge in [0.25, 0.3) is 5.79 Å². The fraction of sp³-hybridized carbons (Fsp3) is 0.250. The lowest BCUT2D eigenvalue weighted by atomic mass is 10.2. The molecule has 27 heavy (non-hydrogen) atoms.